The fourth-order valence-electron chi connectivity index (χ4n) is 3.02. The average molecular weight is 413 g/mol. The second kappa shape index (κ2) is 7.41. The normalized spacial score (nSPS) is 17.6. The number of hydrogen-bond donors (Lipinski definition) is 1. The summed E-state index contributed by atoms with van der Waals surface area (Å²) in [6.45, 7) is 3.65. The van der Waals surface area contributed by atoms with Gasteiger partial charge in [-0.25, -0.2) is 9.89 Å². The highest BCUT2D eigenvalue weighted by molar-refractivity contribution is 8.14. The number of aryl methyl sites for hydroxylation is 1. The van der Waals surface area contributed by atoms with Crippen molar-refractivity contribution in [3.8, 4) is 0 Å². The molecule has 8 heteroatoms. The van der Waals surface area contributed by atoms with E-state index in [1.807, 2.05) is 37.3 Å². The minimum Gasteiger partial charge on any atom is -0.325 e. The van der Waals surface area contributed by atoms with Crippen LogP contribution in [-0.2, 0) is 9.59 Å². The molecular weight excluding hydrogens is 396 g/mol. The SMILES string of the molecule is Cc1ccc(Cl)cc1NC(=O)CSC1=Nc2ccccc2C2=NC(C)C(=O)N12. The minimum atomic E-state index is -0.463. The molecule has 0 saturated heterocycles. The zero-order valence-corrected chi connectivity index (χ0v) is 16.8. The van der Waals surface area contributed by atoms with Gasteiger partial charge in [-0.1, -0.05) is 41.6 Å². The summed E-state index contributed by atoms with van der Waals surface area (Å²) in [4.78, 5) is 35.6. The molecule has 1 unspecified atom stereocenters. The van der Waals surface area contributed by atoms with Crippen LogP contribution in [0.1, 0.15) is 18.1 Å². The molecule has 2 aromatic rings. The number of halogens is 1. The predicted octanol–water partition coefficient (Wildman–Crippen LogP) is 4.00. The molecule has 2 amide bonds. The van der Waals surface area contributed by atoms with Gasteiger partial charge in [0.1, 0.15) is 11.9 Å². The van der Waals surface area contributed by atoms with Crippen molar-refractivity contribution in [2.45, 2.75) is 19.9 Å². The molecule has 1 atom stereocenters. The van der Waals surface area contributed by atoms with Crippen molar-refractivity contribution in [3.63, 3.8) is 0 Å². The number of thioether (sulfide) groups is 1. The average Bonchev–Trinajstić information content (AvgIpc) is 2.98. The Balaban J connectivity index is 1.53. The van der Waals surface area contributed by atoms with Crippen molar-refractivity contribution < 1.29 is 9.59 Å². The lowest BCUT2D eigenvalue weighted by Gasteiger charge is -2.25. The largest absolute Gasteiger partial charge is 0.325 e. The van der Waals surface area contributed by atoms with Crippen molar-refractivity contribution in [1.82, 2.24) is 4.90 Å². The van der Waals surface area contributed by atoms with Crippen LogP contribution in [0.4, 0.5) is 11.4 Å². The number of rotatable bonds is 3. The number of amidine groups is 2. The number of nitrogens with zero attached hydrogens (tertiary/aromatic N) is 3. The molecule has 0 fully saturated rings. The third-order valence-electron chi connectivity index (χ3n) is 4.46. The van der Waals surface area contributed by atoms with E-state index in [1.165, 1.54) is 16.7 Å². The first kappa shape index (κ1) is 18.7. The summed E-state index contributed by atoms with van der Waals surface area (Å²) in [5.74, 6) is 0.368. The Bertz CT molecular complexity index is 1050. The highest BCUT2D eigenvalue weighted by atomic mass is 35.5. The first-order chi connectivity index (χ1) is 13.4. The monoisotopic (exact) mass is 412 g/mol. The van der Waals surface area contributed by atoms with E-state index in [-0.39, 0.29) is 17.6 Å². The van der Waals surface area contributed by atoms with Gasteiger partial charge in [-0.15, -0.1) is 0 Å². The van der Waals surface area contributed by atoms with Gasteiger partial charge in [0.25, 0.3) is 5.91 Å². The van der Waals surface area contributed by atoms with Crippen LogP contribution in [0.25, 0.3) is 0 Å². The molecule has 0 spiro atoms. The van der Waals surface area contributed by atoms with E-state index in [0.29, 0.717) is 21.7 Å². The van der Waals surface area contributed by atoms with E-state index in [9.17, 15) is 9.59 Å². The lowest BCUT2D eigenvalue weighted by molar-refractivity contribution is -0.124. The number of carbonyl (C=O) groups is 2. The molecule has 2 aromatic carbocycles. The van der Waals surface area contributed by atoms with E-state index in [1.54, 1.807) is 19.1 Å². The lowest BCUT2D eigenvalue weighted by Crippen LogP contribution is -2.41. The minimum absolute atomic E-state index is 0.110. The Morgan fingerprint density at radius 3 is 2.89 bits per heavy atom. The molecule has 6 nitrogen and oxygen atoms in total. The lowest BCUT2D eigenvalue weighted by atomic mass is 10.1. The molecule has 0 aromatic heterocycles. The zero-order chi connectivity index (χ0) is 19.8. The van der Waals surface area contributed by atoms with E-state index < -0.39 is 6.04 Å². The Kier molecular flexibility index (Phi) is 4.95. The van der Waals surface area contributed by atoms with Crippen molar-refractivity contribution in [2.75, 3.05) is 11.1 Å². The number of benzene rings is 2. The maximum absolute atomic E-state index is 12.6. The molecule has 1 N–H and O–H groups in total. The maximum Gasteiger partial charge on any atom is 0.258 e. The van der Waals surface area contributed by atoms with Gasteiger partial charge >= 0.3 is 0 Å². The molecule has 2 aliphatic heterocycles. The number of amides is 2. The number of para-hydroxylation sites is 1. The van der Waals surface area contributed by atoms with Gasteiger partial charge in [-0.3, -0.25) is 14.6 Å². The van der Waals surface area contributed by atoms with Gasteiger partial charge in [0.15, 0.2) is 5.17 Å². The topological polar surface area (TPSA) is 74.1 Å². The molecule has 0 saturated carbocycles. The van der Waals surface area contributed by atoms with E-state index in [4.69, 9.17) is 11.6 Å². The van der Waals surface area contributed by atoms with Crippen molar-refractivity contribution in [1.29, 1.82) is 0 Å². The van der Waals surface area contributed by atoms with E-state index in [2.05, 4.69) is 15.3 Å². The Hall–Kier alpha value is -2.64. The molecular formula is C20H17ClN4O2S. The van der Waals surface area contributed by atoms with Gasteiger partial charge < -0.3 is 5.32 Å². The van der Waals surface area contributed by atoms with E-state index >= 15 is 0 Å². The molecule has 2 heterocycles. The second-order valence-electron chi connectivity index (χ2n) is 6.51. The summed E-state index contributed by atoms with van der Waals surface area (Å²) in [7, 11) is 0. The number of carbonyl (C=O) groups excluding carboxylic acids is 2. The number of hydrogen-bond acceptors (Lipinski definition) is 5. The molecule has 4 rings (SSSR count). The Morgan fingerprint density at radius 2 is 2.07 bits per heavy atom. The summed E-state index contributed by atoms with van der Waals surface area (Å²) >= 11 is 7.21. The van der Waals surface area contributed by atoms with Gasteiger partial charge in [-0.05, 0) is 43.7 Å². The fraction of sp³-hybridized carbons (Fsp3) is 0.200. The quantitative estimate of drug-likeness (QED) is 0.827. The van der Waals surface area contributed by atoms with Crippen LogP contribution in [0.15, 0.2) is 52.4 Å². The third kappa shape index (κ3) is 3.43. The summed E-state index contributed by atoms with van der Waals surface area (Å²) in [5.41, 5.74) is 3.16. The maximum atomic E-state index is 12.6. The molecule has 0 aliphatic carbocycles. The van der Waals surface area contributed by atoms with E-state index in [0.717, 1.165) is 16.8 Å². The van der Waals surface area contributed by atoms with Gasteiger partial charge in [0, 0.05) is 16.3 Å². The Labute approximate surface area is 171 Å². The number of nitrogens with one attached hydrogen (secondary N) is 1. The van der Waals surface area contributed by atoms with Crippen molar-refractivity contribution in [2.24, 2.45) is 9.98 Å². The first-order valence-electron chi connectivity index (χ1n) is 8.72. The summed E-state index contributed by atoms with van der Waals surface area (Å²) < 4.78 is 0. The van der Waals surface area contributed by atoms with Crippen LogP contribution in [0.3, 0.4) is 0 Å². The number of aliphatic imine (C=N–C) groups is 2. The van der Waals surface area contributed by atoms with Crippen LogP contribution in [0, 0.1) is 6.92 Å². The number of fused-ring (bicyclic) bond motifs is 3. The molecule has 142 valence electrons. The molecule has 28 heavy (non-hydrogen) atoms. The predicted molar refractivity (Wildman–Crippen MR) is 114 cm³/mol. The fourth-order valence-corrected chi connectivity index (χ4v) is 3.99. The van der Waals surface area contributed by atoms with Gasteiger partial charge in [0.2, 0.25) is 5.91 Å². The van der Waals surface area contributed by atoms with Gasteiger partial charge in [0.05, 0.1) is 11.4 Å². The van der Waals surface area contributed by atoms with Crippen LogP contribution in [0.2, 0.25) is 5.02 Å². The first-order valence-corrected chi connectivity index (χ1v) is 10.1. The molecule has 0 bridgehead atoms. The van der Waals surface area contributed by atoms with Crippen molar-refractivity contribution >= 4 is 57.6 Å². The van der Waals surface area contributed by atoms with Crippen LogP contribution in [0.5, 0.6) is 0 Å². The molecule has 2 aliphatic rings. The number of anilines is 1. The third-order valence-corrected chi connectivity index (χ3v) is 5.64. The summed E-state index contributed by atoms with van der Waals surface area (Å²) in [6.07, 6.45) is 0. The molecule has 0 radical (unpaired) electrons. The summed E-state index contributed by atoms with van der Waals surface area (Å²) in [5, 5.41) is 3.87. The van der Waals surface area contributed by atoms with Crippen LogP contribution >= 0.6 is 23.4 Å². The zero-order valence-electron chi connectivity index (χ0n) is 15.3. The highest BCUT2D eigenvalue weighted by Crippen LogP contribution is 2.33. The highest BCUT2D eigenvalue weighted by Gasteiger charge is 2.39. The standard InChI is InChI=1S/C20H17ClN4O2S/c1-11-7-8-13(21)9-16(11)23-17(26)10-28-20-24-15-6-4-3-5-14(15)18-22-12(2)19(27)25(18)20/h3-9,12H,10H2,1-2H3,(H,23,26). The van der Waals surface area contributed by atoms with Crippen LogP contribution < -0.4 is 5.32 Å². The Morgan fingerprint density at radius 1 is 1.29 bits per heavy atom. The van der Waals surface area contributed by atoms with Crippen molar-refractivity contribution in [3.05, 3.63) is 58.6 Å². The van der Waals surface area contributed by atoms with Crippen LogP contribution in [-0.4, -0.2) is 39.5 Å². The smallest absolute Gasteiger partial charge is 0.258 e. The second-order valence-corrected chi connectivity index (χ2v) is 7.89. The summed E-state index contributed by atoms with van der Waals surface area (Å²) in [6, 6.07) is 12.4. The van der Waals surface area contributed by atoms with Gasteiger partial charge in [-0.2, -0.15) is 0 Å².